The summed E-state index contributed by atoms with van der Waals surface area (Å²) in [6, 6.07) is 30.9. The molecule has 0 saturated heterocycles. The molecule has 1 unspecified atom stereocenters. The molecule has 3 aromatic rings. The van der Waals surface area contributed by atoms with Crippen LogP contribution in [0.2, 0.25) is 5.32 Å². The van der Waals surface area contributed by atoms with Crippen LogP contribution >= 0.6 is 0 Å². The molecule has 0 radical (unpaired) electrons. The summed E-state index contributed by atoms with van der Waals surface area (Å²) in [5, 5.41) is 1.04. The van der Waals surface area contributed by atoms with E-state index >= 15 is 0 Å². The molecule has 0 fully saturated rings. The molecular formula is C26H31NOSe. The van der Waals surface area contributed by atoms with Crippen molar-refractivity contribution in [3.05, 3.63) is 102 Å². The number of methoxy groups -OCH3 is 1. The standard InChI is InChI=1S/C26H31NOSe/c1-20(22-13-7-5-8-14-22)27(3)21(2)24-17-11-12-18-26(24)29-19-25(28-4)23-15-9-6-10-16-23/h5-18,20-21,25H,19H2,1-4H3/t20-,21+,25?/m1/s1. The van der Waals surface area contributed by atoms with E-state index in [0.717, 1.165) is 5.32 Å². The Morgan fingerprint density at radius 2 is 1.31 bits per heavy atom. The summed E-state index contributed by atoms with van der Waals surface area (Å²) in [7, 11) is 4.05. The van der Waals surface area contributed by atoms with Crippen molar-refractivity contribution in [3.63, 3.8) is 0 Å². The predicted octanol–water partition coefficient (Wildman–Crippen LogP) is 5.58. The fraction of sp³-hybridized carbons (Fsp3) is 0.308. The second-order valence-corrected chi connectivity index (χ2v) is 9.64. The van der Waals surface area contributed by atoms with Gasteiger partial charge in [-0.1, -0.05) is 0 Å². The molecule has 0 spiro atoms. The van der Waals surface area contributed by atoms with E-state index in [2.05, 4.69) is 111 Å². The number of ether oxygens (including phenoxy) is 1. The van der Waals surface area contributed by atoms with Crippen LogP contribution in [0.15, 0.2) is 84.9 Å². The van der Waals surface area contributed by atoms with Crippen molar-refractivity contribution in [1.82, 2.24) is 4.90 Å². The molecule has 0 heterocycles. The Bertz CT molecular complexity index is 868. The van der Waals surface area contributed by atoms with Crippen LogP contribution in [0, 0.1) is 0 Å². The van der Waals surface area contributed by atoms with E-state index in [-0.39, 0.29) is 6.10 Å². The van der Waals surface area contributed by atoms with Gasteiger partial charge < -0.3 is 0 Å². The molecule has 0 aliphatic rings. The molecule has 0 N–H and O–H groups in total. The Morgan fingerprint density at radius 3 is 1.93 bits per heavy atom. The fourth-order valence-electron chi connectivity index (χ4n) is 3.61. The molecule has 0 aromatic heterocycles. The first kappa shape index (κ1) is 21.8. The van der Waals surface area contributed by atoms with E-state index in [0.29, 0.717) is 27.0 Å². The molecule has 3 atom stereocenters. The average molecular weight is 453 g/mol. The Kier molecular flexibility index (Phi) is 8.08. The van der Waals surface area contributed by atoms with Gasteiger partial charge in [0.25, 0.3) is 0 Å². The summed E-state index contributed by atoms with van der Waals surface area (Å²) in [5.74, 6) is 0. The Labute approximate surface area is 182 Å². The van der Waals surface area contributed by atoms with Crippen LogP contribution in [-0.4, -0.2) is 34.0 Å². The second-order valence-electron chi connectivity index (χ2n) is 7.41. The van der Waals surface area contributed by atoms with Crippen molar-refractivity contribution in [3.8, 4) is 0 Å². The van der Waals surface area contributed by atoms with E-state index in [1.54, 1.807) is 0 Å². The minimum atomic E-state index is 0.153. The first-order chi connectivity index (χ1) is 14.1. The Morgan fingerprint density at radius 1 is 0.759 bits per heavy atom. The van der Waals surface area contributed by atoms with Gasteiger partial charge in [-0.25, -0.2) is 0 Å². The number of benzene rings is 3. The molecule has 0 bridgehead atoms. The van der Waals surface area contributed by atoms with Crippen molar-refractivity contribution < 1.29 is 4.74 Å². The average Bonchev–Trinajstić information content (AvgIpc) is 2.79. The van der Waals surface area contributed by atoms with Gasteiger partial charge in [-0.05, 0) is 0 Å². The van der Waals surface area contributed by atoms with E-state index in [1.165, 1.54) is 21.2 Å². The maximum absolute atomic E-state index is 5.81. The third-order valence-corrected chi connectivity index (χ3v) is 8.14. The van der Waals surface area contributed by atoms with Gasteiger partial charge >= 0.3 is 182 Å². The van der Waals surface area contributed by atoms with Crippen LogP contribution in [0.25, 0.3) is 0 Å². The quantitative estimate of drug-likeness (QED) is 0.393. The molecule has 3 heteroatoms. The molecule has 0 amide bonds. The molecule has 3 rings (SSSR count). The van der Waals surface area contributed by atoms with Crippen LogP contribution in [-0.2, 0) is 4.74 Å². The molecule has 29 heavy (non-hydrogen) atoms. The summed E-state index contributed by atoms with van der Waals surface area (Å²) < 4.78 is 7.28. The minimum absolute atomic E-state index is 0.153. The monoisotopic (exact) mass is 453 g/mol. The number of hydrogen-bond acceptors (Lipinski definition) is 2. The molecule has 0 aliphatic heterocycles. The van der Waals surface area contributed by atoms with Gasteiger partial charge in [-0.3, -0.25) is 0 Å². The number of rotatable bonds is 9. The summed E-state index contributed by atoms with van der Waals surface area (Å²) in [4.78, 5) is 2.47. The molecular weight excluding hydrogens is 421 g/mol. The molecule has 152 valence electrons. The van der Waals surface area contributed by atoms with Crippen LogP contribution in [0.5, 0.6) is 0 Å². The third kappa shape index (κ3) is 5.58. The van der Waals surface area contributed by atoms with E-state index in [1.807, 2.05) is 7.11 Å². The van der Waals surface area contributed by atoms with Crippen LogP contribution in [0.1, 0.15) is 48.7 Å². The Balaban J connectivity index is 1.74. The predicted molar refractivity (Wildman–Crippen MR) is 124 cm³/mol. The van der Waals surface area contributed by atoms with Gasteiger partial charge in [-0.2, -0.15) is 0 Å². The van der Waals surface area contributed by atoms with Crippen molar-refractivity contribution in [2.45, 2.75) is 37.4 Å². The van der Waals surface area contributed by atoms with Crippen LogP contribution in [0.4, 0.5) is 0 Å². The van der Waals surface area contributed by atoms with Gasteiger partial charge in [0.2, 0.25) is 0 Å². The summed E-state index contributed by atoms with van der Waals surface area (Å²) in [5.41, 5.74) is 4.05. The topological polar surface area (TPSA) is 12.5 Å². The zero-order valence-electron chi connectivity index (χ0n) is 17.8. The van der Waals surface area contributed by atoms with Gasteiger partial charge in [0.05, 0.1) is 0 Å². The summed E-state index contributed by atoms with van der Waals surface area (Å²) >= 11 is 0.345. The van der Waals surface area contributed by atoms with Crippen molar-refractivity contribution in [1.29, 1.82) is 0 Å². The Hall–Kier alpha value is -1.90. The molecule has 3 aromatic carbocycles. The fourth-order valence-corrected chi connectivity index (χ4v) is 6.21. The van der Waals surface area contributed by atoms with Gasteiger partial charge in [0.1, 0.15) is 0 Å². The van der Waals surface area contributed by atoms with Gasteiger partial charge in [0.15, 0.2) is 0 Å². The second kappa shape index (κ2) is 10.8. The van der Waals surface area contributed by atoms with Gasteiger partial charge in [-0.15, -0.1) is 0 Å². The van der Waals surface area contributed by atoms with E-state index in [9.17, 15) is 0 Å². The first-order valence-electron chi connectivity index (χ1n) is 10.2. The van der Waals surface area contributed by atoms with Crippen LogP contribution < -0.4 is 4.46 Å². The summed E-state index contributed by atoms with van der Waals surface area (Å²) in [6.07, 6.45) is 0.153. The molecule has 0 saturated carbocycles. The van der Waals surface area contributed by atoms with Crippen LogP contribution in [0.3, 0.4) is 0 Å². The SMILES string of the molecule is COC(C[Se]c1ccccc1[C@H](C)N(C)[C@H](C)c1ccccc1)c1ccccc1. The molecule has 2 nitrogen and oxygen atoms in total. The van der Waals surface area contributed by atoms with E-state index < -0.39 is 0 Å². The van der Waals surface area contributed by atoms with Crippen molar-refractivity contribution in [2.75, 3.05) is 14.2 Å². The number of hydrogen-bond donors (Lipinski definition) is 0. The normalized spacial score (nSPS) is 14.5. The summed E-state index contributed by atoms with van der Waals surface area (Å²) in [6.45, 7) is 4.61. The maximum atomic E-state index is 5.81. The van der Waals surface area contributed by atoms with E-state index in [4.69, 9.17) is 4.74 Å². The van der Waals surface area contributed by atoms with Gasteiger partial charge in [0, 0.05) is 0 Å². The number of nitrogens with zero attached hydrogens (tertiary/aromatic N) is 1. The van der Waals surface area contributed by atoms with Crippen molar-refractivity contribution >= 4 is 19.4 Å². The first-order valence-corrected chi connectivity index (χ1v) is 12.2. The molecule has 0 aliphatic carbocycles. The zero-order chi connectivity index (χ0) is 20.6. The zero-order valence-corrected chi connectivity index (χ0v) is 19.5. The van der Waals surface area contributed by atoms with Crippen molar-refractivity contribution in [2.24, 2.45) is 0 Å². The third-order valence-electron chi connectivity index (χ3n) is 5.72.